The lowest BCUT2D eigenvalue weighted by Gasteiger charge is -2.24. The largest absolute Gasteiger partial charge is 0.481 e. The van der Waals surface area contributed by atoms with E-state index in [4.69, 9.17) is 10.8 Å². The number of carbonyl (C=O) groups is 2. The number of anilines is 2. The van der Waals surface area contributed by atoms with Crippen LogP contribution in [0.15, 0.2) is 52.7 Å². The molecule has 4 N–H and O–H groups in total. The summed E-state index contributed by atoms with van der Waals surface area (Å²) in [5.74, 6) is -0.0992. The van der Waals surface area contributed by atoms with Crippen LogP contribution >= 0.6 is 0 Å². The van der Waals surface area contributed by atoms with E-state index in [1.807, 2.05) is 50.3 Å². The summed E-state index contributed by atoms with van der Waals surface area (Å²) in [6, 6.07) is 7.32. The van der Waals surface area contributed by atoms with E-state index in [0.717, 1.165) is 22.4 Å². The highest BCUT2D eigenvalue weighted by molar-refractivity contribution is 6.18. The first-order valence-electron chi connectivity index (χ1n) is 9.99. The first-order valence-corrected chi connectivity index (χ1v) is 9.99. The number of aromatic nitrogens is 2. The zero-order chi connectivity index (χ0) is 22.3. The second kappa shape index (κ2) is 7.46. The van der Waals surface area contributed by atoms with Gasteiger partial charge in [-0.15, -0.1) is 0 Å². The number of amides is 1. The monoisotopic (exact) mass is 417 g/mol. The van der Waals surface area contributed by atoms with Gasteiger partial charge in [0.1, 0.15) is 22.8 Å². The third-order valence-corrected chi connectivity index (χ3v) is 5.75. The standard InChI is InChI=1S/C23H23N5O3/c1-4-5-15-12(2)25-18(15)21-26-19(24)17-20(27-21)28-22(31)23(17,3)14-9-6-13(7-10-14)8-11-16(29)30/h4-7,9-10H,8,11H2,1-3H3,(H,29,30)(H3,24,26,27,28,31)/b5-4-/t23-/m0/s1. The highest BCUT2D eigenvalue weighted by Gasteiger charge is 2.47. The normalized spacial score (nSPS) is 19.8. The van der Waals surface area contributed by atoms with Crippen LogP contribution in [-0.4, -0.2) is 32.7 Å². The van der Waals surface area contributed by atoms with Crippen molar-refractivity contribution in [3.05, 3.63) is 70.2 Å². The SMILES string of the molecule is C/C=C\C1=C(C)N=C1c1nc(N)c2c(n1)NC(=O)[C@@]2(C)c1ccc(CCC(=O)O)cc1. The minimum absolute atomic E-state index is 0.0521. The topological polar surface area (TPSA) is 131 Å². The van der Waals surface area contributed by atoms with Crippen molar-refractivity contribution in [3.63, 3.8) is 0 Å². The summed E-state index contributed by atoms with van der Waals surface area (Å²) in [5.41, 5.74) is 9.93. The smallest absolute Gasteiger partial charge is 0.303 e. The molecule has 8 nitrogen and oxygen atoms in total. The fourth-order valence-corrected chi connectivity index (χ4v) is 3.99. The van der Waals surface area contributed by atoms with E-state index < -0.39 is 11.4 Å². The maximum atomic E-state index is 13.0. The van der Waals surface area contributed by atoms with E-state index in [0.29, 0.717) is 29.3 Å². The number of hydrogen-bond donors (Lipinski definition) is 3. The summed E-state index contributed by atoms with van der Waals surface area (Å²) >= 11 is 0. The van der Waals surface area contributed by atoms with Gasteiger partial charge in [-0.3, -0.25) is 9.59 Å². The summed E-state index contributed by atoms with van der Waals surface area (Å²) in [7, 11) is 0. The maximum Gasteiger partial charge on any atom is 0.303 e. The Kier molecular flexibility index (Phi) is 4.93. The van der Waals surface area contributed by atoms with Crippen LogP contribution in [0.1, 0.15) is 49.7 Å². The molecule has 0 spiro atoms. The van der Waals surface area contributed by atoms with Crippen LogP contribution in [-0.2, 0) is 21.4 Å². The van der Waals surface area contributed by atoms with E-state index in [-0.39, 0.29) is 18.1 Å². The molecule has 3 heterocycles. The molecule has 1 amide bonds. The molecule has 1 aromatic heterocycles. The van der Waals surface area contributed by atoms with Crippen LogP contribution < -0.4 is 11.1 Å². The van der Waals surface area contributed by atoms with E-state index in [9.17, 15) is 9.59 Å². The minimum Gasteiger partial charge on any atom is -0.481 e. The van der Waals surface area contributed by atoms with Gasteiger partial charge in [-0.2, -0.15) is 0 Å². The van der Waals surface area contributed by atoms with Crippen LogP contribution in [0.2, 0.25) is 0 Å². The van der Waals surface area contributed by atoms with E-state index in [1.165, 1.54) is 0 Å². The van der Waals surface area contributed by atoms with Crippen LogP contribution in [0.3, 0.4) is 0 Å². The lowest BCUT2D eigenvalue weighted by molar-refractivity contribution is -0.137. The van der Waals surface area contributed by atoms with Crippen molar-refractivity contribution in [2.24, 2.45) is 4.99 Å². The number of carboxylic acids is 1. The molecule has 31 heavy (non-hydrogen) atoms. The summed E-state index contributed by atoms with van der Waals surface area (Å²) in [4.78, 5) is 37.3. The fraction of sp³-hybridized carbons (Fsp3) is 0.261. The van der Waals surface area contributed by atoms with Gasteiger partial charge < -0.3 is 16.2 Å². The molecular weight excluding hydrogens is 394 g/mol. The number of hydrogen-bond acceptors (Lipinski definition) is 6. The molecule has 158 valence electrons. The van der Waals surface area contributed by atoms with Gasteiger partial charge in [-0.05, 0) is 38.3 Å². The molecule has 1 aromatic carbocycles. The predicted molar refractivity (Wildman–Crippen MR) is 118 cm³/mol. The minimum atomic E-state index is -1.05. The van der Waals surface area contributed by atoms with Gasteiger partial charge in [0, 0.05) is 17.7 Å². The third kappa shape index (κ3) is 3.30. The van der Waals surface area contributed by atoms with Gasteiger partial charge >= 0.3 is 5.97 Å². The van der Waals surface area contributed by atoms with Crippen molar-refractivity contribution < 1.29 is 14.7 Å². The average Bonchev–Trinajstić information content (AvgIpc) is 3.00. The van der Waals surface area contributed by atoms with Crippen molar-refractivity contribution in [1.82, 2.24) is 9.97 Å². The molecule has 1 atom stereocenters. The maximum absolute atomic E-state index is 13.0. The number of allylic oxidation sites excluding steroid dienone is 4. The number of nitrogen functional groups attached to an aromatic ring is 1. The van der Waals surface area contributed by atoms with Gasteiger partial charge in [0.25, 0.3) is 0 Å². The molecule has 0 fully saturated rings. The van der Waals surface area contributed by atoms with Crippen molar-refractivity contribution in [3.8, 4) is 0 Å². The summed E-state index contributed by atoms with van der Waals surface area (Å²) in [5, 5.41) is 11.7. The molecule has 0 saturated carbocycles. The summed E-state index contributed by atoms with van der Waals surface area (Å²) < 4.78 is 0. The first kappa shape index (κ1) is 20.5. The van der Waals surface area contributed by atoms with Gasteiger partial charge in [0.2, 0.25) is 5.91 Å². The van der Waals surface area contributed by atoms with Crippen molar-refractivity contribution in [1.29, 1.82) is 0 Å². The van der Waals surface area contributed by atoms with Crippen LogP contribution in [0.4, 0.5) is 11.6 Å². The Morgan fingerprint density at radius 1 is 1.26 bits per heavy atom. The lowest BCUT2D eigenvalue weighted by Crippen LogP contribution is -2.33. The number of benzene rings is 1. The molecule has 8 heteroatoms. The molecule has 4 rings (SSSR count). The molecule has 0 radical (unpaired) electrons. The Hall–Kier alpha value is -3.81. The Morgan fingerprint density at radius 2 is 1.97 bits per heavy atom. The zero-order valence-electron chi connectivity index (χ0n) is 17.6. The zero-order valence-corrected chi connectivity index (χ0v) is 17.6. The summed E-state index contributed by atoms with van der Waals surface area (Å²) in [6.45, 7) is 5.62. The fourth-order valence-electron chi connectivity index (χ4n) is 3.99. The van der Waals surface area contributed by atoms with Crippen molar-refractivity contribution in [2.45, 2.75) is 39.0 Å². The number of carboxylic acid groups (broad SMARTS) is 1. The second-order valence-corrected chi connectivity index (χ2v) is 7.79. The Balaban J connectivity index is 1.70. The molecule has 0 unspecified atom stereocenters. The van der Waals surface area contributed by atoms with E-state index in [2.05, 4.69) is 20.3 Å². The second-order valence-electron chi connectivity index (χ2n) is 7.79. The number of aryl methyl sites for hydroxylation is 1. The molecule has 2 aromatic rings. The van der Waals surface area contributed by atoms with Gasteiger partial charge in [-0.25, -0.2) is 15.0 Å². The Labute approximate surface area is 179 Å². The van der Waals surface area contributed by atoms with Gasteiger partial charge in [0.15, 0.2) is 5.82 Å². The van der Waals surface area contributed by atoms with E-state index >= 15 is 0 Å². The number of aliphatic carboxylic acids is 1. The average molecular weight is 417 g/mol. The third-order valence-electron chi connectivity index (χ3n) is 5.75. The number of carbonyl (C=O) groups excluding carboxylic acids is 1. The highest BCUT2D eigenvalue weighted by Crippen LogP contribution is 2.44. The number of nitrogens with one attached hydrogen (secondary N) is 1. The molecule has 0 saturated heterocycles. The lowest BCUT2D eigenvalue weighted by atomic mass is 9.77. The number of rotatable bonds is 6. The molecule has 0 bridgehead atoms. The van der Waals surface area contributed by atoms with Crippen LogP contribution in [0.25, 0.3) is 0 Å². The molecular formula is C23H23N5O3. The molecule has 0 aliphatic carbocycles. The van der Waals surface area contributed by atoms with Gasteiger partial charge in [0.05, 0.1) is 5.56 Å². The number of aliphatic imine (C=N–C) groups is 1. The predicted octanol–water partition coefficient (Wildman–Crippen LogP) is 2.99. The Bertz CT molecular complexity index is 1190. The molecule has 2 aliphatic rings. The molecule has 2 aliphatic heterocycles. The van der Waals surface area contributed by atoms with E-state index in [1.54, 1.807) is 6.92 Å². The number of nitrogens with two attached hydrogens (primary N) is 1. The number of fused-ring (bicyclic) bond motifs is 1. The number of nitrogens with zero attached hydrogens (tertiary/aromatic N) is 3. The van der Waals surface area contributed by atoms with Gasteiger partial charge in [-0.1, -0.05) is 36.4 Å². The summed E-state index contributed by atoms with van der Waals surface area (Å²) in [6.07, 6.45) is 4.34. The van der Waals surface area contributed by atoms with Crippen molar-refractivity contribution in [2.75, 3.05) is 11.1 Å². The first-order chi connectivity index (χ1) is 14.8. The van der Waals surface area contributed by atoms with Crippen molar-refractivity contribution >= 4 is 29.2 Å². The quantitative estimate of drug-likeness (QED) is 0.662. The van der Waals surface area contributed by atoms with Crippen LogP contribution in [0.5, 0.6) is 0 Å². The van der Waals surface area contributed by atoms with Crippen LogP contribution in [0, 0.1) is 0 Å². The Morgan fingerprint density at radius 3 is 2.58 bits per heavy atom. The highest BCUT2D eigenvalue weighted by atomic mass is 16.4.